The van der Waals surface area contributed by atoms with E-state index < -0.39 is 0 Å². The van der Waals surface area contributed by atoms with Gasteiger partial charge in [0.05, 0.1) is 5.70 Å². The van der Waals surface area contributed by atoms with Gasteiger partial charge in [-0.25, -0.2) is 0 Å². The Hall–Kier alpha value is -1.83. The molecule has 15 heavy (non-hydrogen) atoms. The van der Waals surface area contributed by atoms with Crippen LogP contribution < -0.4 is 10.4 Å². The molecule has 0 spiro atoms. The highest BCUT2D eigenvalue weighted by Crippen LogP contribution is 2.24. The van der Waals surface area contributed by atoms with Gasteiger partial charge in [-0.2, -0.15) is 5.12 Å². The number of nitrogens with zero attached hydrogens (tertiary/aromatic N) is 1. The van der Waals surface area contributed by atoms with Crippen LogP contribution in [0.5, 0.6) is 0 Å². The maximum Gasteiger partial charge on any atom is 0.0781 e. The molecule has 0 unspecified atom stereocenters. The van der Waals surface area contributed by atoms with Crippen molar-refractivity contribution in [3.63, 3.8) is 0 Å². The number of benzene rings is 1. The third-order valence-electron chi connectivity index (χ3n) is 2.79. The van der Waals surface area contributed by atoms with Crippen molar-refractivity contribution in [2.45, 2.75) is 6.42 Å². The van der Waals surface area contributed by atoms with E-state index in [-0.39, 0.29) is 0 Å². The SMILES string of the molecule is FN1C=c2ccccc2=C2CC=CC=C21. The zero-order chi connectivity index (χ0) is 10.3. The van der Waals surface area contributed by atoms with Crippen molar-refractivity contribution >= 4 is 11.8 Å². The second kappa shape index (κ2) is 3.09. The summed E-state index contributed by atoms with van der Waals surface area (Å²) in [7, 11) is 0. The number of fused-ring (bicyclic) bond motifs is 2. The van der Waals surface area contributed by atoms with E-state index in [0.29, 0.717) is 10.8 Å². The predicted octanol–water partition coefficient (Wildman–Crippen LogP) is 1.62. The Bertz CT molecular complexity index is 581. The minimum atomic E-state index is 0.663. The minimum Gasteiger partial charge on any atom is -0.186 e. The average Bonchev–Trinajstić information content (AvgIpc) is 2.30. The monoisotopic (exact) mass is 199 g/mol. The van der Waals surface area contributed by atoms with E-state index >= 15 is 0 Å². The molecule has 1 aliphatic heterocycles. The summed E-state index contributed by atoms with van der Waals surface area (Å²) in [5.41, 5.74) is 1.73. The van der Waals surface area contributed by atoms with Crippen LogP contribution in [0, 0.1) is 0 Å². The lowest BCUT2D eigenvalue weighted by Crippen LogP contribution is -2.35. The topological polar surface area (TPSA) is 3.24 Å². The highest BCUT2D eigenvalue weighted by atomic mass is 19.2. The summed E-state index contributed by atoms with van der Waals surface area (Å²) in [5, 5.41) is 2.80. The first kappa shape index (κ1) is 8.48. The van der Waals surface area contributed by atoms with Gasteiger partial charge in [0.25, 0.3) is 0 Å². The largest absolute Gasteiger partial charge is 0.186 e. The van der Waals surface area contributed by atoms with Gasteiger partial charge in [0, 0.05) is 11.4 Å². The third kappa shape index (κ3) is 1.22. The molecule has 0 fully saturated rings. The maximum atomic E-state index is 13.7. The van der Waals surface area contributed by atoms with Crippen molar-refractivity contribution in [3.05, 3.63) is 58.6 Å². The molecular formula is C13H10FN. The van der Waals surface area contributed by atoms with Crippen molar-refractivity contribution in [1.82, 2.24) is 5.12 Å². The molecule has 74 valence electrons. The zero-order valence-corrected chi connectivity index (χ0v) is 8.15. The summed E-state index contributed by atoms with van der Waals surface area (Å²) in [6, 6.07) is 7.89. The summed E-state index contributed by atoms with van der Waals surface area (Å²) in [5.74, 6) is 0. The van der Waals surface area contributed by atoms with Crippen molar-refractivity contribution in [3.8, 4) is 0 Å². The number of hydrogen-bond donors (Lipinski definition) is 0. The molecular weight excluding hydrogens is 189 g/mol. The van der Waals surface area contributed by atoms with E-state index in [1.165, 1.54) is 6.20 Å². The van der Waals surface area contributed by atoms with Gasteiger partial charge in [0.15, 0.2) is 0 Å². The normalized spacial score (nSPS) is 17.8. The predicted molar refractivity (Wildman–Crippen MR) is 58.4 cm³/mol. The van der Waals surface area contributed by atoms with Crippen LogP contribution in [0.3, 0.4) is 0 Å². The van der Waals surface area contributed by atoms with E-state index in [4.69, 9.17) is 0 Å². The van der Waals surface area contributed by atoms with Gasteiger partial charge < -0.3 is 0 Å². The van der Waals surface area contributed by atoms with E-state index in [1.54, 1.807) is 0 Å². The van der Waals surface area contributed by atoms with Crippen molar-refractivity contribution in [1.29, 1.82) is 0 Å². The first-order chi connectivity index (χ1) is 7.36. The van der Waals surface area contributed by atoms with Crippen LogP contribution in [-0.4, -0.2) is 5.12 Å². The van der Waals surface area contributed by atoms with Gasteiger partial charge in [-0.1, -0.05) is 40.9 Å². The smallest absolute Gasteiger partial charge is 0.0781 e. The zero-order valence-electron chi connectivity index (χ0n) is 8.15. The Morgan fingerprint density at radius 3 is 3.00 bits per heavy atom. The van der Waals surface area contributed by atoms with Crippen LogP contribution in [0.1, 0.15) is 6.42 Å². The summed E-state index contributed by atoms with van der Waals surface area (Å²) in [4.78, 5) is 0. The molecule has 1 heterocycles. The Morgan fingerprint density at radius 2 is 2.07 bits per heavy atom. The molecule has 0 saturated carbocycles. The quantitative estimate of drug-likeness (QED) is 0.574. The minimum absolute atomic E-state index is 0.663. The van der Waals surface area contributed by atoms with Gasteiger partial charge in [-0.05, 0) is 23.3 Å². The molecule has 0 radical (unpaired) electrons. The fourth-order valence-corrected chi connectivity index (χ4v) is 2.07. The van der Waals surface area contributed by atoms with Crippen molar-refractivity contribution in [2.75, 3.05) is 0 Å². The lowest BCUT2D eigenvalue weighted by molar-refractivity contribution is 0.170. The van der Waals surface area contributed by atoms with Gasteiger partial charge in [-0.15, -0.1) is 0 Å². The second-order valence-electron chi connectivity index (χ2n) is 3.69. The van der Waals surface area contributed by atoms with Gasteiger partial charge in [0.2, 0.25) is 0 Å². The fourth-order valence-electron chi connectivity index (χ4n) is 2.07. The van der Waals surface area contributed by atoms with Crippen LogP contribution in [-0.2, 0) is 0 Å². The van der Waals surface area contributed by atoms with Crippen LogP contribution in [0.25, 0.3) is 11.8 Å². The standard InChI is InChI=1S/C13H10FN/c14-15-9-10-5-1-2-6-11(10)12-7-3-4-8-13(12)15/h1-6,8-9H,7H2. The fraction of sp³-hybridized carbons (Fsp3) is 0.0769. The molecule has 0 N–H and O–H groups in total. The maximum absolute atomic E-state index is 13.7. The first-order valence-corrected chi connectivity index (χ1v) is 4.98. The molecule has 1 aromatic rings. The molecule has 1 aromatic carbocycles. The molecule has 3 rings (SSSR count). The van der Waals surface area contributed by atoms with E-state index in [0.717, 1.165) is 22.4 Å². The Morgan fingerprint density at radius 1 is 1.20 bits per heavy atom. The molecule has 0 bridgehead atoms. The first-order valence-electron chi connectivity index (χ1n) is 4.98. The molecule has 0 atom stereocenters. The summed E-state index contributed by atoms with van der Waals surface area (Å²) in [6.45, 7) is 0. The highest BCUT2D eigenvalue weighted by Gasteiger charge is 2.17. The van der Waals surface area contributed by atoms with Crippen molar-refractivity contribution in [2.24, 2.45) is 0 Å². The third-order valence-corrected chi connectivity index (χ3v) is 2.79. The number of allylic oxidation sites excluding steroid dienone is 4. The molecule has 1 aliphatic carbocycles. The van der Waals surface area contributed by atoms with Crippen molar-refractivity contribution < 1.29 is 4.48 Å². The highest BCUT2D eigenvalue weighted by molar-refractivity contribution is 5.70. The van der Waals surface area contributed by atoms with Crippen LogP contribution in [0.4, 0.5) is 4.48 Å². The average molecular weight is 199 g/mol. The Labute approximate surface area is 87.1 Å². The molecule has 2 heteroatoms. The van der Waals surface area contributed by atoms with E-state index in [9.17, 15) is 4.48 Å². The Kier molecular flexibility index (Phi) is 1.75. The summed E-state index contributed by atoms with van der Waals surface area (Å²) < 4.78 is 13.7. The lowest BCUT2D eigenvalue weighted by atomic mass is 9.98. The number of hydrogen-bond acceptors (Lipinski definition) is 1. The number of rotatable bonds is 0. The lowest BCUT2D eigenvalue weighted by Gasteiger charge is -2.21. The molecule has 0 amide bonds. The van der Waals surface area contributed by atoms with E-state index in [2.05, 4.69) is 6.08 Å². The van der Waals surface area contributed by atoms with E-state index in [1.807, 2.05) is 36.4 Å². The molecule has 1 nitrogen and oxygen atoms in total. The van der Waals surface area contributed by atoms with Crippen LogP contribution in [0.2, 0.25) is 0 Å². The molecule has 0 saturated heterocycles. The summed E-state index contributed by atoms with van der Waals surface area (Å²) >= 11 is 0. The summed E-state index contributed by atoms with van der Waals surface area (Å²) in [6.07, 6.45) is 8.09. The van der Waals surface area contributed by atoms with Crippen LogP contribution in [0.15, 0.2) is 48.2 Å². The van der Waals surface area contributed by atoms with Gasteiger partial charge in [-0.3, -0.25) is 0 Å². The van der Waals surface area contributed by atoms with Gasteiger partial charge >= 0.3 is 0 Å². The van der Waals surface area contributed by atoms with Gasteiger partial charge in [0.1, 0.15) is 0 Å². The number of halogens is 1. The molecule has 2 aliphatic rings. The second-order valence-corrected chi connectivity index (χ2v) is 3.69. The van der Waals surface area contributed by atoms with Crippen LogP contribution >= 0.6 is 0 Å². The Balaban J connectivity index is 2.42. The molecule has 0 aromatic heterocycles.